The first-order valence-corrected chi connectivity index (χ1v) is 12.6. The monoisotopic (exact) mass is 526 g/mol. The van der Waals surface area contributed by atoms with Crippen molar-refractivity contribution in [3.63, 3.8) is 0 Å². The van der Waals surface area contributed by atoms with Crippen LogP contribution in [0, 0.1) is 6.92 Å². The Hall–Kier alpha value is -3.49. The summed E-state index contributed by atoms with van der Waals surface area (Å²) in [5.74, 6) is 2.31. The minimum absolute atomic E-state index is 0.0855. The maximum Gasteiger partial charge on any atom is 0.254 e. The van der Waals surface area contributed by atoms with E-state index >= 15 is 0 Å². The highest BCUT2D eigenvalue weighted by Gasteiger charge is 2.24. The number of carbonyl (C=O) groups excluding carboxylic acids is 2. The van der Waals surface area contributed by atoms with E-state index in [9.17, 15) is 9.59 Å². The smallest absolute Gasteiger partial charge is 0.254 e. The molecule has 0 fully saturated rings. The maximum absolute atomic E-state index is 13.7. The predicted octanol–water partition coefficient (Wildman–Crippen LogP) is 5.07. The van der Waals surface area contributed by atoms with Gasteiger partial charge in [0.05, 0.1) is 6.54 Å². The van der Waals surface area contributed by atoms with Crippen molar-refractivity contribution in [2.75, 3.05) is 33.1 Å². The van der Waals surface area contributed by atoms with E-state index in [4.69, 9.17) is 30.2 Å². The molecule has 4 rings (SSSR count). The molecule has 1 aromatic heterocycles. The van der Waals surface area contributed by atoms with Crippen LogP contribution in [0.15, 0.2) is 59.0 Å². The van der Waals surface area contributed by atoms with E-state index in [0.29, 0.717) is 60.6 Å². The third-order valence-corrected chi connectivity index (χ3v) is 6.18. The minimum Gasteiger partial charge on any atom is -0.464 e. The van der Waals surface area contributed by atoms with Gasteiger partial charge >= 0.3 is 0 Å². The number of fused-ring (bicyclic) bond motifs is 1. The van der Waals surface area contributed by atoms with Gasteiger partial charge in [-0.15, -0.1) is 0 Å². The molecule has 1 aliphatic rings. The van der Waals surface area contributed by atoms with Crippen LogP contribution in [0.4, 0.5) is 0 Å². The standard InChI is InChI=1S/C28H31ClN2O6/c1-3-34-14-4-13-30(28(33)22-7-9-23(29)10-8-22)18-27(32)31(17-24-11-5-20(2)37-24)16-21-6-12-25-26(15-21)36-19-35-25/h5-12,15H,3-4,13-14,16-19H2,1-2H3. The van der Waals surface area contributed by atoms with Crippen LogP contribution in [0.1, 0.15) is 40.8 Å². The predicted molar refractivity (Wildman–Crippen MR) is 139 cm³/mol. The maximum atomic E-state index is 13.7. The molecule has 3 aromatic rings. The molecule has 196 valence electrons. The summed E-state index contributed by atoms with van der Waals surface area (Å²) in [5.41, 5.74) is 1.35. The van der Waals surface area contributed by atoms with Crippen LogP contribution in [0.5, 0.6) is 11.5 Å². The van der Waals surface area contributed by atoms with Crippen LogP contribution in [0.2, 0.25) is 5.02 Å². The normalized spacial score (nSPS) is 12.0. The number of nitrogens with zero attached hydrogens (tertiary/aromatic N) is 2. The second-order valence-electron chi connectivity index (χ2n) is 8.73. The van der Waals surface area contributed by atoms with Crippen LogP contribution in [0.3, 0.4) is 0 Å². The van der Waals surface area contributed by atoms with Crippen LogP contribution < -0.4 is 9.47 Å². The van der Waals surface area contributed by atoms with Gasteiger partial charge in [-0.3, -0.25) is 9.59 Å². The number of benzene rings is 2. The summed E-state index contributed by atoms with van der Waals surface area (Å²) in [7, 11) is 0. The topological polar surface area (TPSA) is 81.5 Å². The lowest BCUT2D eigenvalue weighted by Gasteiger charge is -2.27. The zero-order valence-electron chi connectivity index (χ0n) is 21.1. The fourth-order valence-electron chi connectivity index (χ4n) is 4.04. The molecule has 0 unspecified atom stereocenters. The van der Waals surface area contributed by atoms with E-state index in [2.05, 4.69) is 0 Å². The number of carbonyl (C=O) groups is 2. The molecule has 0 saturated carbocycles. The van der Waals surface area contributed by atoms with E-state index in [1.54, 1.807) is 34.1 Å². The molecule has 1 aliphatic heterocycles. The Morgan fingerprint density at radius 3 is 2.49 bits per heavy atom. The molecule has 2 amide bonds. The summed E-state index contributed by atoms with van der Waals surface area (Å²) in [6, 6.07) is 16.0. The van der Waals surface area contributed by atoms with Gasteiger partial charge in [-0.05, 0) is 74.4 Å². The van der Waals surface area contributed by atoms with Gasteiger partial charge < -0.3 is 28.4 Å². The summed E-state index contributed by atoms with van der Waals surface area (Å²) in [4.78, 5) is 30.3. The van der Waals surface area contributed by atoms with Crippen molar-refractivity contribution < 1.29 is 28.2 Å². The molecular weight excluding hydrogens is 496 g/mol. The Morgan fingerprint density at radius 1 is 0.973 bits per heavy atom. The van der Waals surface area contributed by atoms with Gasteiger partial charge in [-0.1, -0.05) is 17.7 Å². The van der Waals surface area contributed by atoms with Crippen molar-refractivity contribution in [1.29, 1.82) is 0 Å². The van der Waals surface area contributed by atoms with Gasteiger partial charge in [-0.25, -0.2) is 0 Å². The number of amides is 2. The molecule has 0 saturated heterocycles. The Balaban J connectivity index is 1.53. The fourth-order valence-corrected chi connectivity index (χ4v) is 4.17. The lowest BCUT2D eigenvalue weighted by molar-refractivity contribution is -0.133. The summed E-state index contributed by atoms with van der Waals surface area (Å²) in [5, 5.41) is 0.541. The lowest BCUT2D eigenvalue weighted by atomic mass is 10.1. The Morgan fingerprint density at radius 2 is 1.76 bits per heavy atom. The number of rotatable bonds is 12. The molecule has 0 radical (unpaired) electrons. The highest BCUT2D eigenvalue weighted by molar-refractivity contribution is 6.30. The molecule has 0 atom stereocenters. The van der Waals surface area contributed by atoms with E-state index in [1.165, 1.54) is 0 Å². The molecule has 37 heavy (non-hydrogen) atoms. The quantitative estimate of drug-likeness (QED) is 0.307. The van der Waals surface area contributed by atoms with Crippen molar-refractivity contribution in [3.8, 4) is 11.5 Å². The molecule has 2 aromatic carbocycles. The first-order chi connectivity index (χ1) is 17.9. The molecule has 8 nitrogen and oxygen atoms in total. The van der Waals surface area contributed by atoms with Gasteiger partial charge in [0.15, 0.2) is 11.5 Å². The third-order valence-electron chi connectivity index (χ3n) is 5.93. The van der Waals surface area contributed by atoms with E-state index in [-0.39, 0.29) is 31.7 Å². The second kappa shape index (κ2) is 12.7. The highest BCUT2D eigenvalue weighted by atomic mass is 35.5. The number of hydrogen-bond donors (Lipinski definition) is 0. The fraction of sp³-hybridized carbons (Fsp3) is 0.357. The van der Waals surface area contributed by atoms with Crippen molar-refractivity contribution in [2.45, 2.75) is 33.4 Å². The van der Waals surface area contributed by atoms with E-state index in [1.807, 2.05) is 44.2 Å². The Labute approximate surface area is 221 Å². The highest BCUT2D eigenvalue weighted by Crippen LogP contribution is 2.33. The van der Waals surface area contributed by atoms with Gasteiger partial charge in [0.1, 0.15) is 18.1 Å². The molecular formula is C28H31ClN2O6. The van der Waals surface area contributed by atoms with Gasteiger partial charge in [0, 0.05) is 36.9 Å². The number of halogens is 1. The number of aryl methyl sites for hydroxylation is 1. The third kappa shape index (κ3) is 7.27. The molecule has 0 N–H and O–H groups in total. The van der Waals surface area contributed by atoms with Gasteiger partial charge in [0.25, 0.3) is 5.91 Å². The van der Waals surface area contributed by atoms with Gasteiger partial charge in [0.2, 0.25) is 12.7 Å². The minimum atomic E-state index is -0.238. The molecule has 9 heteroatoms. The van der Waals surface area contributed by atoms with Gasteiger partial charge in [-0.2, -0.15) is 0 Å². The summed E-state index contributed by atoms with van der Waals surface area (Å²) < 4.78 is 22.1. The Kier molecular flexibility index (Phi) is 9.09. The first-order valence-electron chi connectivity index (χ1n) is 12.3. The summed E-state index contributed by atoms with van der Waals surface area (Å²) in [6.07, 6.45) is 0.611. The van der Waals surface area contributed by atoms with Crippen molar-refractivity contribution in [2.24, 2.45) is 0 Å². The lowest BCUT2D eigenvalue weighted by Crippen LogP contribution is -2.43. The molecule has 2 heterocycles. The first kappa shape index (κ1) is 26.6. The zero-order valence-corrected chi connectivity index (χ0v) is 21.8. The van der Waals surface area contributed by atoms with Crippen molar-refractivity contribution in [1.82, 2.24) is 9.80 Å². The van der Waals surface area contributed by atoms with Crippen LogP contribution in [-0.4, -0.2) is 54.7 Å². The van der Waals surface area contributed by atoms with E-state index in [0.717, 1.165) is 11.3 Å². The average molecular weight is 527 g/mol. The van der Waals surface area contributed by atoms with Crippen molar-refractivity contribution in [3.05, 3.63) is 82.3 Å². The average Bonchev–Trinajstić information content (AvgIpc) is 3.53. The molecule has 0 spiro atoms. The van der Waals surface area contributed by atoms with Crippen LogP contribution in [0.25, 0.3) is 0 Å². The summed E-state index contributed by atoms with van der Waals surface area (Å²) >= 11 is 6.00. The van der Waals surface area contributed by atoms with E-state index < -0.39 is 0 Å². The number of ether oxygens (including phenoxy) is 3. The van der Waals surface area contributed by atoms with Crippen LogP contribution >= 0.6 is 11.6 Å². The largest absolute Gasteiger partial charge is 0.464 e. The number of hydrogen-bond acceptors (Lipinski definition) is 6. The zero-order chi connectivity index (χ0) is 26.2. The summed E-state index contributed by atoms with van der Waals surface area (Å²) in [6.45, 7) is 5.93. The SMILES string of the molecule is CCOCCCN(CC(=O)N(Cc1ccc2c(c1)OCO2)Cc1ccc(C)o1)C(=O)c1ccc(Cl)cc1. The second-order valence-corrected chi connectivity index (χ2v) is 9.17. The molecule has 0 aliphatic carbocycles. The molecule has 0 bridgehead atoms. The van der Waals surface area contributed by atoms with Crippen molar-refractivity contribution >= 4 is 23.4 Å². The Bertz CT molecular complexity index is 1210. The number of furan rings is 1. The van der Waals surface area contributed by atoms with Crippen LogP contribution in [-0.2, 0) is 22.6 Å².